The summed E-state index contributed by atoms with van der Waals surface area (Å²) in [6.07, 6.45) is 7.10. The lowest BCUT2D eigenvalue weighted by Gasteiger charge is -2.03. The Kier molecular flexibility index (Phi) is 5.03. The molecule has 2 rings (SSSR count). The molecule has 2 aromatic rings. The van der Waals surface area contributed by atoms with E-state index in [0.717, 1.165) is 17.2 Å². The molecule has 7 nitrogen and oxygen atoms in total. The van der Waals surface area contributed by atoms with Gasteiger partial charge in [-0.15, -0.1) is 0 Å². The van der Waals surface area contributed by atoms with E-state index in [1.807, 2.05) is 0 Å². The van der Waals surface area contributed by atoms with Crippen molar-refractivity contribution in [2.24, 2.45) is 5.73 Å². The third kappa shape index (κ3) is 4.63. The number of aliphatic carboxylic acids is 1. The fourth-order valence-corrected chi connectivity index (χ4v) is 1.92. The summed E-state index contributed by atoms with van der Waals surface area (Å²) in [5.74, 6) is -2.69. The highest BCUT2D eigenvalue weighted by Gasteiger charge is 2.05. The van der Waals surface area contributed by atoms with Gasteiger partial charge in [0.15, 0.2) is 0 Å². The molecule has 0 bridgehead atoms. The van der Waals surface area contributed by atoms with E-state index in [9.17, 15) is 9.59 Å². The van der Waals surface area contributed by atoms with Gasteiger partial charge in [-0.1, -0.05) is 6.07 Å². The molecule has 0 aliphatic heterocycles. The summed E-state index contributed by atoms with van der Waals surface area (Å²) in [6.45, 7) is 0. The zero-order valence-corrected chi connectivity index (χ0v) is 12.1. The van der Waals surface area contributed by atoms with Crippen LogP contribution in [0.1, 0.15) is 27.2 Å². The van der Waals surface area contributed by atoms with Gasteiger partial charge in [-0.2, -0.15) is 0 Å². The predicted molar refractivity (Wildman–Crippen MR) is 82.6 cm³/mol. The Hall–Kier alpha value is -3.22. The van der Waals surface area contributed by atoms with E-state index in [1.165, 1.54) is 6.20 Å². The molecular formula is C16H15N3O4. The number of nitrogens with two attached hydrogens (primary N) is 1. The number of aliphatic hydroxyl groups excluding tert-OH is 1. The largest absolute Gasteiger partial charge is 0.502 e. The number of nitrogens with zero attached hydrogens (tertiary/aromatic N) is 2. The Bertz CT molecular complexity index is 754. The number of primary amides is 1. The number of carboxylic acids is 1. The summed E-state index contributed by atoms with van der Waals surface area (Å²) in [6, 6.07) is 5.11. The predicted octanol–water partition coefficient (Wildman–Crippen LogP) is 1.34. The standard InChI is InChI=1S/C16H15N3O4/c17-15(21)12-5-11(7-18-9-12)2-1-10-3-4-13(19-8-10)6-14(20)16(22)23/h3-9,20H,1-2H2,(H2,17,21)(H,22,23)/b14-6-. The van der Waals surface area contributed by atoms with Crippen LogP contribution in [0.5, 0.6) is 0 Å². The van der Waals surface area contributed by atoms with Crippen LogP contribution < -0.4 is 5.73 Å². The first-order valence-electron chi connectivity index (χ1n) is 6.78. The van der Waals surface area contributed by atoms with E-state index < -0.39 is 17.6 Å². The number of carbonyl (C=O) groups excluding carboxylic acids is 1. The van der Waals surface area contributed by atoms with Crippen LogP contribution in [0.15, 0.2) is 42.5 Å². The number of pyridine rings is 2. The number of aryl methyl sites for hydroxylation is 2. The van der Waals surface area contributed by atoms with Crippen molar-refractivity contribution in [2.75, 3.05) is 0 Å². The second-order valence-corrected chi connectivity index (χ2v) is 4.87. The quantitative estimate of drug-likeness (QED) is 0.545. The zero-order valence-electron chi connectivity index (χ0n) is 12.1. The molecule has 0 aliphatic carbocycles. The minimum absolute atomic E-state index is 0.353. The summed E-state index contributed by atoms with van der Waals surface area (Å²) < 4.78 is 0. The first kappa shape index (κ1) is 16.2. The molecule has 2 heterocycles. The summed E-state index contributed by atoms with van der Waals surface area (Å²) in [7, 11) is 0. The lowest BCUT2D eigenvalue weighted by molar-refractivity contribution is -0.135. The van der Waals surface area contributed by atoms with Gasteiger partial charge in [0, 0.05) is 24.7 Å². The fourth-order valence-electron chi connectivity index (χ4n) is 1.92. The summed E-state index contributed by atoms with van der Waals surface area (Å²) >= 11 is 0. The molecule has 0 spiro atoms. The normalized spacial score (nSPS) is 11.2. The third-order valence-corrected chi connectivity index (χ3v) is 3.13. The number of carboxylic acid groups (broad SMARTS) is 1. The minimum Gasteiger partial charge on any atom is -0.502 e. The van der Waals surface area contributed by atoms with Crippen molar-refractivity contribution < 1.29 is 19.8 Å². The molecule has 0 aliphatic rings. The first-order chi connectivity index (χ1) is 11.0. The van der Waals surface area contributed by atoms with Crippen LogP contribution in [-0.2, 0) is 17.6 Å². The zero-order chi connectivity index (χ0) is 16.8. The average molecular weight is 313 g/mol. The monoisotopic (exact) mass is 313 g/mol. The molecule has 0 radical (unpaired) electrons. The van der Waals surface area contributed by atoms with Crippen LogP contribution in [0.25, 0.3) is 6.08 Å². The number of rotatable bonds is 6. The van der Waals surface area contributed by atoms with E-state index in [4.69, 9.17) is 15.9 Å². The van der Waals surface area contributed by atoms with E-state index in [1.54, 1.807) is 30.6 Å². The van der Waals surface area contributed by atoms with Gasteiger partial charge in [-0.25, -0.2) is 4.79 Å². The maximum Gasteiger partial charge on any atom is 0.371 e. The van der Waals surface area contributed by atoms with Gasteiger partial charge in [-0.3, -0.25) is 14.8 Å². The molecule has 118 valence electrons. The number of hydrogen-bond acceptors (Lipinski definition) is 5. The highest BCUT2D eigenvalue weighted by molar-refractivity contribution is 5.92. The summed E-state index contributed by atoms with van der Waals surface area (Å²) in [5.41, 5.74) is 7.74. The molecule has 0 atom stereocenters. The van der Waals surface area contributed by atoms with E-state index in [2.05, 4.69) is 9.97 Å². The van der Waals surface area contributed by atoms with Crippen molar-refractivity contribution in [3.05, 3.63) is 64.9 Å². The van der Waals surface area contributed by atoms with Gasteiger partial charge in [0.05, 0.1) is 11.3 Å². The fraction of sp³-hybridized carbons (Fsp3) is 0.125. The number of hydrogen-bond donors (Lipinski definition) is 3. The molecule has 0 saturated heterocycles. The van der Waals surface area contributed by atoms with Crippen LogP contribution >= 0.6 is 0 Å². The molecule has 0 fully saturated rings. The minimum atomic E-state index is -1.40. The first-order valence-corrected chi connectivity index (χ1v) is 6.78. The van der Waals surface area contributed by atoms with Crippen molar-refractivity contribution in [3.63, 3.8) is 0 Å². The van der Waals surface area contributed by atoms with Crippen LogP contribution in [0.2, 0.25) is 0 Å². The topological polar surface area (TPSA) is 126 Å². The van der Waals surface area contributed by atoms with E-state index in [-0.39, 0.29) is 0 Å². The molecule has 4 N–H and O–H groups in total. The van der Waals surface area contributed by atoms with Crippen molar-refractivity contribution in [2.45, 2.75) is 12.8 Å². The maximum atomic E-state index is 11.1. The molecule has 23 heavy (non-hydrogen) atoms. The molecule has 1 amide bonds. The van der Waals surface area contributed by atoms with Crippen LogP contribution in [0, 0.1) is 0 Å². The van der Waals surface area contributed by atoms with Gasteiger partial charge in [0.2, 0.25) is 11.7 Å². The Labute approximate surface area is 132 Å². The van der Waals surface area contributed by atoms with Gasteiger partial charge in [0.25, 0.3) is 0 Å². The van der Waals surface area contributed by atoms with Crippen LogP contribution in [0.4, 0.5) is 0 Å². The average Bonchev–Trinajstić information content (AvgIpc) is 2.54. The smallest absolute Gasteiger partial charge is 0.371 e. The van der Waals surface area contributed by atoms with Gasteiger partial charge in [-0.05, 0) is 36.1 Å². The molecular weight excluding hydrogens is 298 g/mol. The molecule has 0 aromatic carbocycles. The van der Waals surface area contributed by atoms with Crippen molar-refractivity contribution in [1.29, 1.82) is 0 Å². The summed E-state index contributed by atoms with van der Waals surface area (Å²) in [4.78, 5) is 29.7. The molecule has 2 aromatic heterocycles. The van der Waals surface area contributed by atoms with Crippen LogP contribution in [0.3, 0.4) is 0 Å². The Balaban J connectivity index is 2.02. The van der Waals surface area contributed by atoms with E-state index >= 15 is 0 Å². The second-order valence-electron chi connectivity index (χ2n) is 4.87. The highest BCUT2D eigenvalue weighted by atomic mass is 16.4. The van der Waals surface area contributed by atoms with Crippen molar-refractivity contribution >= 4 is 18.0 Å². The Morgan fingerprint density at radius 3 is 2.43 bits per heavy atom. The van der Waals surface area contributed by atoms with Crippen LogP contribution in [-0.4, -0.2) is 32.1 Å². The molecule has 7 heteroatoms. The highest BCUT2D eigenvalue weighted by Crippen LogP contribution is 2.09. The molecule has 0 unspecified atom stereocenters. The van der Waals surface area contributed by atoms with Gasteiger partial charge in [0.1, 0.15) is 0 Å². The Morgan fingerprint density at radius 1 is 1.09 bits per heavy atom. The second kappa shape index (κ2) is 7.17. The lowest BCUT2D eigenvalue weighted by Crippen LogP contribution is -2.11. The van der Waals surface area contributed by atoms with E-state index in [0.29, 0.717) is 24.1 Å². The number of aliphatic hydroxyl groups is 1. The number of carbonyl (C=O) groups is 2. The third-order valence-electron chi connectivity index (χ3n) is 3.13. The van der Waals surface area contributed by atoms with Gasteiger partial charge < -0.3 is 15.9 Å². The number of aromatic nitrogens is 2. The molecule has 0 saturated carbocycles. The van der Waals surface area contributed by atoms with Crippen molar-refractivity contribution in [3.8, 4) is 0 Å². The summed E-state index contributed by atoms with van der Waals surface area (Å²) in [5, 5.41) is 17.7. The van der Waals surface area contributed by atoms with Gasteiger partial charge >= 0.3 is 5.97 Å². The Morgan fingerprint density at radius 2 is 1.83 bits per heavy atom. The SMILES string of the molecule is NC(=O)c1cncc(CCc2ccc(/C=C(\O)C(=O)O)nc2)c1. The number of amides is 1. The van der Waals surface area contributed by atoms with Crippen molar-refractivity contribution in [1.82, 2.24) is 9.97 Å². The lowest BCUT2D eigenvalue weighted by atomic mass is 10.1. The maximum absolute atomic E-state index is 11.1.